The molecular formula is C18H16FN5OS. The Balaban J connectivity index is 1.47. The Kier molecular flexibility index (Phi) is 4.66. The van der Waals surface area contributed by atoms with Crippen molar-refractivity contribution >= 4 is 23.4 Å². The Morgan fingerprint density at radius 3 is 2.88 bits per heavy atom. The Hall–Kier alpha value is -2.74. The zero-order chi connectivity index (χ0) is 17.9. The van der Waals surface area contributed by atoms with Gasteiger partial charge in [0.25, 0.3) is 0 Å². The number of thioether (sulfide) groups is 1. The van der Waals surface area contributed by atoms with Gasteiger partial charge in [0.05, 0.1) is 5.75 Å². The summed E-state index contributed by atoms with van der Waals surface area (Å²) in [6.07, 6.45) is 5.63. The fourth-order valence-corrected chi connectivity index (χ4v) is 3.43. The highest BCUT2D eigenvalue weighted by atomic mass is 32.2. The van der Waals surface area contributed by atoms with Crippen molar-refractivity contribution in [2.24, 2.45) is 0 Å². The molecule has 0 unspecified atom stereocenters. The van der Waals surface area contributed by atoms with E-state index < -0.39 is 0 Å². The summed E-state index contributed by atoms with van der Waals surface area (Å²) in [4.78, 5) is 16.3. The van der Waals surface area contributed by atoms with E-state index in [1.165, 1.54) is 23.9 Å². The van der Waals surface area contributed by atoms with E-state index in [-0.39, 0.29) is 17.5 Å². The molecule has 0 radical (unpaired) electrons. The lowest BCUT2D eigenvalue weighted by Gasteiger charge is -2.09. The third-order valence-electron chi connectivity index (χ3n) is 3.94. The molecule has 0 spiro atoms. The summed E-state index contributed by atoms with van der Waals surface area (Å²) in [5.41, 5.74) is 1.35. The number of nitrogens with zero attached hydrogens (tertiary/aromatic N) is 4. The van der Waals surface area contributed by atoms with Crippen LogP contribution < -0.4 is 5.32 Å². The second-order valence-electron chi connectivity index (χ2n) is 6.00. The molecule has 26 heavy (non-hydrogen) atoms. The van der Waals surface area contributed by atoms with E-state index in [0.29, 0.717) is 16.9 Å². The summed E-state index contributed by atoms with van der Waals surface area (Å²) in [6, 6.07) is 10.0. The molecule has 1 amide bonds. The molecule has 4 rings (SSSR count). The van der Waals surface area contributed by atoms with Gasteiger partial charge in [-0.1, -0.05) is 17.8 Å². The summed E-state index contributed by atoms with van der Waals surface area (Å²) >= 11 is 1.33. The number of carbonyl (C=O) groups is 1. The SMILES string of the molecule is O=C(CSc1nnc(-c2cccnc2)n1C1CC1)Nc1cccc(F)c1. The molecule has 1 aliphatic carbocycles. The molecule has 0 bridgehead atoms. The fraction of sp³-hybridized carbons (Fsp3) is 0.222. The van der Waals surface area contributed by atoms with Crippen molar-refractivity contribution in [1.82, 2.24) is 19.7 Å². The predicted molar refractivity (Wildman–Crippen MR) is 97.3 cm³/mol. The first-order valence-corrected chi connectivity index (χ1v) is 9.23. The van der Waals surface area contributed by atoms with Crippen LogP contribution in [0, 0.1) is 5.82 Å². The molecule has 2 aromatic heterocycles. The standard InChI is InChI=1S/C18H16FN5OS/c19-13-4-1-5-14(9-13)21-16(25)11-26-18-23-22-17(24(18)15-6-7-15)12-3-2-8-20-10-12/h1-5,8-10,15H,6-7,11H2,(H,21,25). The number of anilines is 1. The van der Waals surface area contributed by atoms with Crippen LogP contribution >= 0.6 is 11.8 Å². The molecule has 1 aromatic carbocycles. The molecule has 1 saturated carbocycles. The van der Waals surface area contributed by atoms with Gasteiger partial charge in [-0.25, -0.2) is 4.39 Å². The first kappa shape index (κ1) is 16.7. The van der Waals surface area contributed by atoms with Crippen molar-refractivity contribution in [3.63, 3.8) is 0 Å². The zero-order valence-electron chi connectivity index (χ0n) is 13.8. The molecule has 132 valence electrons. The quantitative estimate of drug-likeness (QED) is 0.673. The molecule has 1 aliphatic rings. The van der Waals surface area contributed by atoms with Gasteiger partial charge in [0, 0.05) is 29.7 Å². The topological polar surface area (TPSA) is 72.7 Å². The maximum atomic E-state index is 13.2. The molecule has 6 nitrogen and oxygen atoms in total. The highest BCUT2D eigenvalue weighted by molar-refractivity contribution is 7.99. The summed E-state index contributed by atoms with van der Waals surface area (Å²) in [5, 5.41) is 11.9. The second-order valence-corrected chi connectivity index (χ2v) is 6.94. The van der Waals surface area contributed by atoms with Gasteiger partial charge in [-0.3, -0.25) is 14.3 Å². The lowest BCUT2D eigenvalue weighted by molar-refractivity contribution is -0.113. The Labute approximate surface area is 153 Å². The Morgan fingerprint density at radius 2 is 2.15 bits per heavy atom. The molecule has 1 N–H and O–H groups in total. The van der Waals surface area contributed by atoms with Gasteiger partial charge in [-0.2, -0.15) is 0 Å². The first-order valence-electron chi connectivity index (χ1n) is 8.24. The van der Waals surface area contributed by atoms with Gasteiger partial charge in [-0.15, -0.1) is 10.2 Å². The summed E-state index contributed by atoms with van der Waals surface area (Å²) in [7, 11) is 0. The molecule has 3 aromatic rings. The molecule has 2 heterocycles. The van der Waals surface area contributed by atoms with Gasteiger partial charge in [0.2, 0.25) is 5.91 Å². The number of nitrogens with one attached hydrogen (secondary N) is 1. The third-order valence-corrected chi connectivity index (χ3v) is 4.88. The normalized spacial score (nSPS) is 13.6. The van der Waals surface area contributed by atoms with Crippen LogP contribution in [0.2, 0.25) is 0 Å². The first-order chi connectivity index (χ1) is 12.7. The van der Waals surface area contributed by atoms with Crippen LogP contribution in [-0.2, 0) is 4.79 Å². The molecule has 0 aliphatic heterocycles. The largest absolute Gasteiger partial charge is 0.325 e. The number of pyridine rings is 1. The monoisotopic (exact) mass is 369 g/mol. The minimum Gasteiger partial charge on any atom is -0.325 e. The average Bonchev–Trinajstić information content (AvgIpc) is 3.40. The number of carbonyl (C=O) groups excluding carboxylic acids is 1. The molecule has 8 heteroatoms. The second kappa shape index (κ2) is 7.25. The molecule has 0 saturated heterocycles. The summed E-state index contributed by atoms with van der Waals surface area (Å²) in [6.45, 7) is 0. The molecule has 1 fully saturated rings. The van der Waals surface area contributed by atoms with E-state index in [1.807, 2.05) is 12.1 Å². The van der Waals surface area contributed by atoms with Crippen LogP contribution in [0.5, 0.6) is 0 Å². The van der Waals surface area contributed by atoms with E-state index in [9.17, 15) is 9.18 Å². The lowest BCUT2D eigenvalue weighted by Crippen LogP contribution is -2.14. The minimum atomic E-state index is -0.384. The van der Waals surface area contributed by atoms with E-state index in [1.54, 1.807) is 24.5 Å². The zero-order valence-corrected chi connectivity index (χ0v) is 14.6. The van der Waals surface area contributed by atoms with Gasteiger partial charge in [0.15, 0.2) is 11.0 Å². The van der Waals surface area contributed by atoms with Crippen LogP contribution in [0.3, 0.4) is 0 Å². The van der Waals surface area contributed by atoms with Crippen LogP contribution in [0.25, 0.3) is 11.4 Å². The number of hydrogen-bond donors (Lipinski definition) is 1. The van der Waals surface area contributed by atoms with Gasteiger partial charge in [-0.05, 0) is 43.2 Å². The number of hydrogen-bond acceptors (Lipinski definition) is 5. The number of amides is 1. The number of benzene rings is 1. The number of aromatic nitrogens is 4. The van der Waals surface area contributed by atoms with Gasteiger partial charge in [0.1, 0.15) is 5.82 Å². The maximum Gasteiger partial charge on any atom is 0.234 e. The van der Waals surface area contributed by atoms with E-state index >= 15 is 0 Å². The van der Waals surface area contributed by atoms with E-state index in [2.05, 4.69) is 25.1 Å². The fourth-order valence-electron chi connectivity index (χ4n) is 2.62. The molecule has 0 atom stereocenters. The van der Waals surface area contributed by atoms with Crippen LogP contribution in [-0.4, -0.2) is 31.4 Å². The smallest absolute Gasteiger partial charge is 0.234 e. The van der Waals surface area contributed by atoms with Crippen molar-refractivity contribution in [1.29, 1.82) is 0 Å². The highest BCUT2D eigenvalue weighted by Gasteiger charge is 2.30. The Morgan fingerprint density at radius 1 is 1.27 bits per heavy atom. The van der Waals surface area contributed by atoms with E-state index in [0.717, 1.165) is 24.2 Å². The summed E-state index contributed by atoms with van der Waals surface area (Å²) < 4.78 is 15.3. The number of rotatable bonds is 6. The van der Waals surface area contributed by atoms with Crippen LogP contribution in [0.4, 0.5) is 10.1 Å². The maximum absolute atomic E-state index is 13.2. The van der Waals surface area contributed by atoms with Crippen molar-refractivity contribution in [3.05, 3.63) is 54.6 Å². The summed E-state index contributed by atoms with van der Waals surface area (Å²) in [5.74, 6) is 0.349. The van der Waals surface area contributed by atoms with Gasteiger partial charge < -0.3 is 5.32 Å². The van der Waals surface area contributed by atoms with E-state index in [4.69, 9.17) is 0 Å². The van der Waals surface area contributed by atoms with Crippen molar-refractivity contribution in [2.75, 3.05) is 11.1 Å². The van der Waals surface area contributed by atoms with Crippen molar-refractivity contribution < 1.29 is 9.18 Å². The predicted octanol–water partition coefficient (Wildman–Crippen LogP) is 3.54. The third kappa shape index (κ3) is 3.75. The van der Waals surface area contributed by atoms with Crippen molar-refractivity contribution in [2.45, 2.75) is 24.0 Å². The average molecular weight is 369 g/mol. The van der Waals surface area contributed by atoms with Crippen molar-refractivity contribution in [3.8, 4) is 11.4 Å². The number of halogens is 1. The minimum absolute atomic E-state index is 0.175. The highest BCUT2D eigenvalue weighted by Crippen LogP contribution is 2.40. The van der Waals surface area contributed by atoms with Crippen LogP contribution in [0.15, 0.2) is 53.9 Å². The lowest BCUT2D eigenvalue weighted by atomic mass is 10.3. The Bertz CT molecular complexity index is 926. The molecular weight excluding hydrogens is 353 g/mol. The van der Waals surface area contributed by atoms with Crippen LogP contribution in [0.1, 0.15) is 18.9 Å². The van der Waals surface area contributed by atoms with Gasteiger partial charge >= 0.3 is 0 Å².